The zero-order valence-corrected chi connectivity index (χ0v) is 19.6. The fraction of sp³-hybridized carbons (Fsp3) is 0.217. The summed E-state index contributed by atoms with van der Waals surface area (Å²) in [7, 11) is 0. The van der Waals surface area contributed by atoms with E-state index in [1.54, 1.807) is 12.1 Å². The van der Waals surface area contributed by atoms with Crippen molar-refractivity contribution >= 4 is 58.5 Å². The molecule has 0 aliphatic carbocycles. The molecule has 1 aliphatic rings. The Morgan fingerprint density at radius 1 is 1.24 bits per heavy atom. The molecule has 1 heterocycles. The molecule has 172 valence electrons. The van der Waals surface area contributed by atoms with Crippen LogP contribution in [0.1, 0.15) is 36.7 Å². The molecule has 0 unspecified atom stereocenters. The van der Waals surface area contributed by atoms with Crippen LogP contribution in [0.3, 0.4) is 0 Å². The predicted octanol–water partition coefficient (Wildman–Crippen LogP) is 4.06. The Kier molecular flexibility index (Phi) is 7.35. The van der Waals surface area contributed by atoms with E-state index in [0.29, 0.717) is 29.4 Å². The third-order valence-corrected chi connectivity index (χ3v) is 5.04. The van der Waals surface area contributed by atoms with Gasteiger partial charge in [-0.3, -0.25) is 19.8 Å². The van der Waals surface area contributed by atoms with E-state index in [4.69, 9.17) is 38.4 Å². The number of nitrogens with zero attached hydrogens (tertiary/aromatic N) is 1. The number of carboxylic acids is 1. The van der Waals surface area contributed by atoms with Gasteiger partial charge in [0.05, 0.1) is 29.0 Å². The summed E-state index contributed by atoms with van der Waals surface area (Å²) in [5.41, 5.74) is 0.638. The monoisotopic (exact) mass is 488 g/mol. The van der Waals surface area contributed by atoms with Crippen LogP contribution in [0.2, 0.25) is 5.02 Å². The van der Waals surface area contributed by atoms with E-state index in [9.17, 15) is 14.4 Å². The highest BCUT2D eigenvalue weighted by molar-refractivity contribution is 7.80. The standard InChI is InChI=1S/C23H21ClN2O6S/c1-4-31-18-11-13(10-17(24)19(18)32-12(2)3)9-16-20(27)25-23(33)26(21(16)28)15-7-5-14(6-8-15)22(29)30/h5-12H,4H2,1-3H3,(H,29,30)(H,25,27,33)/b16-9+. The number of carbonyl (C=O) groups excluding carboxylic acids is 2. The molecule has 0 spiro atoms. The molecule has 8 nitrogen and oxygen atoms in total. The van der Waals surface area contributed by atoms with Gasteiger partial charge in [0.15, 0.2) is 16.6 Å². The Bertz CT molecular complexity index is 1160. The first-order valence-electron chi connectivity index (χ1n) is 10.00. The second kappa shape index (κ2) is 10.0. The Morgan fingerprint density at radius 2 is 1.91 bits per heavy atom. The van der Waals surface area contributed by atoms with Crippen molar-refractivity contribution in [1.29, 1.82) is 0 Å². The number of halogens is 1. The molecule has 0 aromatic heterocycles. The van der Waals surface area contributed by atoms with Crippen molar-refractivity contribution in [2.45, 2.75) is 26.9 Å². The Balaban J connectivity index is 2.01. The van der Waals surface area contributed by atoms with Gasteiger partial charge in [0.2, 0.25) is 0 Å². The number of hydrogen-bond acceptors (Lipinski definition) is 6. The number of benzene rings is 2. The summed E-state index contributed by atoms with van der Waals surface area (Å²) < 4.78 is 11.4. The van der Waals surface area contributed by atoms with Crippen LogP contribution in [0, 0.1) is 0 Å². The fourth-order valence-electron chi connectivity index (χ4n) is 3.10. The molecule has 10 heteroatoms. The van der Waals surface area contributed by atoms with Gasteiger partial charge in [-0.1, -0.05) is 11.6 Å². The summed E-state index contributed by atoms with van der Waals surface area (Å²) in [5, 5.41) is 11.7. The summed E-state index contributed by atoms with van der Waals surface area (Å²) in [5.74, 6) is -1.68. The minimum atomic E-state index is -1.10. The second-order valence-electron chi connectivity index (χ2n) is 7.24. The lowest BCUT2D eigenvalue weighted by Crippen LogP contribution is -2.54. The van der Waals surface area contributed by atoms with E-state index in [2.05, 4.69) is 5.32 Å². The highest BCUT2D eigenvalue weighted by Gasteiger charge is 2.34. The topological polar surface area (TPSA) is 105 Å². The minimum absolute atomic E-state index is 0.0516. The van der Waals surface area contributed by atoms with Crippen molar-refractivity contribution in [2.75, 3.05) is 11.5 Å². The number of ether oxygens (including phenoxy) is 2. The van der Waals surface area contributed by atoms with Crippen molar-refractivity contribution in [2.24, 2.45) is 0 Å². The molecule has 0 radical (unpaired) electrons. The van der Waals surface area contributed by atoms with Gasteiger partial charge in [0.1, 0.15) is 5.57 Å². The van der Waals surface area contributed by atoms with Crippen LogP contribution in [0.4, 0.5) is 5.69 Å². The summed E-state index contributed by atoms with van der Waals surface area (Å²) in [4.78, 5) is 38.0. The van der Waals surface area contributed by atoms with E-state index < -0.39 is 17.8 Å². The number of thiocarbonyl (C=S) groups is 1. The van der Waals surface area contributed by atoms with E-state index in [0.717, 1.165) is 4.90 Å². The number of anilines is 1. The van der Waals surface area contributed by atoms with Gasteiger partial charge >= 0.3 is 5.97 Å². The van der Waals surface area contributed by atoms with Gasteiger partial charge < -0.3 is 14.6 Å². The molecule has 2 aromatic carbocycles. The largest absolute Gasteiger partial charge is 0.490 e. The lowest BCUT2D eigenvalue weighted by Gasteiger charge is -2.29. The summed E-state index contributed by atoms with van der Waals surface area (Å²) in [6.07, 6.45) is 1.24. The first kappa shape index (κ1) is 24.2. The molecule has 0 saturated carbocycles. The molecule has 2 amide bonds. The number of nitrogens with one attached hydrogen (secondary N) is 1. The van der Waals surface area contributed by atoms with Crippen molar-refractivity contribution in [3.63, 3.8) is 0 Å². The molecule has 2 N–H and O–H groups in total. The zero-order chi connectivity index (χ0) is 24.3. The number of rotatable bonds is 7. The fourth-order valence-corrected chi connectivity index (χ4v) is 3.64. The Hall–Kier alpha value is -3.43. The molecular formula is C23H21ClN2O6S. The minimum Gasteiger partial charge on any atom is -0.490 e. The average Bonchev–Trinajstić information content (AvgIpc) is 2.74. The zero-order valence-electron chi connectivity index (χ0n) is 18.0. The van der Waals surface area contributed by atoms with Crippen LogP contribution in [-0.2, 0) is 9.59 Å². The van der Waals surface area contributed by atoms with Gasteiger partial charge in [-0.05, 0) is 81.0 Å². The molecule has 0 bridgehead atoms. The smallest absolute Gasteiger partial charge is 0.335 e. The first-order chi connectivity index (χ1) is 15.6. The van der Waals surface area contributed by atoms with E-state index in [-0.39, 0.29) is 27.4 Å². The van der Waals surface area contributed by atoms with Crippen LogP contribution in [0.15, 0.2) is 42.0 Å². The van der Waals surface area contributed by atoms with Crippen molar-refractivity contribution in [1.82, 2.24) is 5.32 Å². The van der Waals surface area contributed by atoms with Gasteiger partial charge in [0.25, 0.3) is 11.8 Å². The number of hydrogen-bond donors (Lipinski definition) is 2. The number of carboxylic acid groups (broad SMARTS) is 1. The lowest BCUT2D eigenvalue weighted by molar-refractivity contribution is -0.122. The van der Waals surface area contributed by atoms with E-state index in [1.807, 2.05) is 20.8 Å². The number of amides is 2. The molecule has 3 rings (SSSR count). The first-order valence-corrected chi connectivity index (χ1v) is 10.8. The maximum atomic E-state index is 13.2. The molecular weight excluding hydrogens is 468 g/mol. The molecule has 1 fully saturated rings. The van der Waals surface area contributed by atoms with E-state index >= 15 is 0 Å². The summed E-state index contributed by atoms with van der Waals surface area (Å²) >= 11 is 11.6. The Labute approximate surface area is 200 Å². The summed E-state index contributed by atoms with van der Waals surface area (Å²) in [6.45, 7) is 5.88. The second-order valence-corrected chi connectivity index (χ2v) is 8.03. The predicted molar refractivity (Wildman–Crippen MR) is 128 cm³/mol. The van der Waals surface area contributed by atoms with Crippen molar-refractivity contribution in [3.05, 3.63) is 58.1 Å². The van der Waals surface area contributed by atoms with E-state index in [1.165, 1.54) is 30.3 Å². The van der Waals surface area contributed by atoms with Crippen LogP contribution in [-0.4, -0.2) is 40.7 Å². The third kappa shape index (κ3) is 5.32. The average molecular weight is 489 g/mol. The lowest BCUT2D eigenvalue weighted by atomic mass is 10.1. The normalized spacial score (nSPS) is 15.1. The SMILES string of the molecule is CCOc1cc(/C=C2\C(=O)NC(=S)N(c3ccc(C(=O)O)cc3)C2=O)cc(Cl)c1OC(C)C. The maximum Gasteiger partial charge on any atom is 0.335 e. The van der Waals surface area contributed by atoms with Gasteiger partial charge in [-0.25, -0.2) is 4.79 Å². The van der Waals surface area contributed by atoms with Gasteiger partial charge in [0, 0.05) is 0 Å². The van der Waals surface area contributed by atoms with Crippen molar-refractivity contribution in [3.8, 4) is 11.5 Å². The third-order valence-electron chi connectivity index (χ3n) is 4.47. The van der Waals surface area contributed by atoms with Crippen LogP contribution >= 0.6 is 23.8 Å². The van der Waals surface area contributed by atoms with Crippen LogP contribution < -0.4 is 19.7 Å². The highest BCUT2D eigenvalue weighted by Crippen LogP contribution is 2.38. The molecule has 0 atom stereocenters. The number of aromatic carboxylic acids is 1. The highest BCUT2D eigenvalue weighted by atomic mass is 35.5. The number of carbonyl (C=O) groups is 3. The van der Waals surface area contributed by atoms with Crippen LogP contribution in [0.25, 0.3) is 6.08 Å². The van der Waals surface area contributed by atoms with Gasteiger partial charge in [-0.15, -0.1) is 0 Å². The van der Waals surface area contributed by atoms with Crippen molar-refractivity contribution < 1.29 is 29.0 Å². The van der Waals surface area contributed by atoms with Gasteiger partial charge in [-0.2, -0.15) is 0 Å². The quantitative estimate of drug-likeness (QED) is 0.344. The molecule has 1 aliphatic heterocycles. The molecule has 33 heavy (non-hydrogen) atoms. The molecule has 2 aromatic rings. The summed E-state index contributed by atoms with van der Waals surface area (Å²) in [6, 6.07) is 8.74. The molecule has 1 saturated heterocycles. The van der Waals surface area contributed by atoms with Crippen LogP contribution in [0.5, 0.6) is 11.5 Å². The Morgan fingerprint density at radius 3 is 2.48 bits per heavy atom. The maximum absolute atomic E-state index is 13.2.